The number of carbonyl (C=O) groups is 1. The van der Waals surface area contributed by atoms with Gasteiger partial charge >= 0.3 is 5.97 Å². The molecule has 1 fully saturated rings. The summed E-state index contributed by atoms with van der Waals surface area (Å²) in [6.45, 7) is 0. The number of fused-ring (bicyclic) bond motifs is 2. The predicted molar refractivity (Wildman–Crippen MR) is 151 cm³/mol. The number of nitrogens with zero attached hydrogens (tertiary/aromatic N) is 1. The normalized spacial score (nSPS) is 16.9. The van der Waals surface area contributed by atoms with E-state index in [1.165, 1.54) is 37.6 Å². The lowest BCUT2D eigenvalue weighted by atomic mass is 9.92. The summed E-state index contributed by atoms with van der Waals surface area (Å²) in [6.07, 6.45) is 5.40. The van der Waals surface area contributed by atoms with Crippen LogP contribution in [0.3, 0.4) is 0 Å². The zero-order chi connectivity index (χ0) is 28.2. The number of pyridine rings is 1. The van der Waals surface area contributed by atoms with Gasteiger partial charge in [0.25, 0.3) is 0 Å². The molecule has 2 heterocycles. The molecule has 40 heavy (non-hydrogen) atoms. The van der Waals surface area contributed by atoms with Gasteiger partial charge in [-0.15, -0.1) is 11.3 Å². The first-order valence-electron chi connectivity index (χ1n) is 12.9. The number of nitrogens with one attached hydrogen (secondary N) is 2. The van der Waals surface area contributed by atoms with Gasteiger partial charge in [0.15, 0.2) is 5.75 Å². The molecule has 3 N–H and O–H groups in total. The average Bonchev–Trinajstić information content (AvgIpc) is 3.70. The molecule has 1 atom stereocenters. The highest BCUT2D eigenvalue weighted by molar-refractivity contribution is 7.89. The summed E-state index contributed by atoms with van der Waals surface area (Å²) in [6, 6.07) is 11.2. The van der Waals surface area contributed by atoms with Crippen molar-refractivity contribution in [2.75, 3.05) is 7.11 Å². The Kier molecular flexibility index (Phi) is 6.49. The molecule has 2 aliphatic rings. The summed E-state index contributed by atoms with van der Waals surface area (Å²) in [4.78, 5) is 29.7. The van der Waals surface area contributed by atoms with Crippen LogP contribution < -0.4 is 14.9 Å². The molecular weight excluding hydrogens is 550 g/mol. The molecule has 2 aromatic carbocycles. The van der Waals surface area contributed by atoms with E-state index >= 15 is 0 Å². The van der Waals surface area contributed by atoms with Crippen LogP contribution in [-0.4, -0.2) is 31.6 Å². The van der Waals surface area contributed by atoms with Crippen molar-refractivity contribution in [3.05, 3.63) is 79.9 Å². The number of sulfonamides is 1. The lowest BCUT2D eigenvalue weighted by Gasteiger charge is -2.23. The number of aromatic amines is 1. The van der Waals surface area contributed by atoms with E-state index in [0.717, 1.165) is 52.1 Å². The molecule has 6 rings (SSSR count). The fourth-order valence-electron chi connectivity index (χ4n) is 5.45. The van der Waals surface area contributed by atoms with Crippen molar-refractivity contribution in [2.24, 2.45) is 0 Å². The van der Waals surface area contributed by atoms with Crippen molar-refractivity contribution in [1.82, 2.24) is 9.71 Å². The second-order valence-electron chi connectivity index (χ2n) is 10.1. The van der Waals surface area contributed by atoms with Crippen LogP contribution in [0.2, 0.25) is 0 Å². The SMILES string of the molecule is COc1c(-c2cc3c(s2)CCCC3NS(=O)(=O)c2ccc(C#N)cc2)c(C2CC2)cc2c(=O)c(C(=O)O)c[nH]c12. The number of aromatic nitrogens is 1. The van der Waals surface area contributed by atoms with Crippen molar-refractivity contribution in [2.45, 2.75) is 49.0 Å². The number of hydrogen-bond donors (Lipinski definition) is 3. The average molecular weight is 576 g/mol. The van der Waals surface area contributed by atoms with Crippen molar-refractivity contribution < 1.29 is 23.1 Å². The Labute approximate surface area is 234 Å². The molecule has 0 spiro atoms. The Morgan fingerprint density at radius 2 is 1.93 bits per heavy atom. The number of methoxy groups -OCH3 is 1. The van der Waals surface area contributed by atoms with Crippen LogP contribution >= 0.6 is 11.3 Å². The fourth-order valence-corrected chi connectivity index (χ4v) is 8.03. The second kappa shape index (κ2) is 9.89. The fraction of sp³-hybridized carbons (Fsp3) is 0.276. The molecular formula is C29H25N3O6S2. The van der Waals surface area contributed by atoms with Gasteiger partial charge in [0.2, 0.25) is 15.5 Å². The van der Waals surface area contributed by atoms with E-state index in [4.69, 9.17) is 10.00 Å². The first kappa shape index (κ1) is 26.3. The van der Waals surface area contributed by atoms with E-state index in [2.05, 4.69) is 9.71 Å². The van der Waals surface area contributed by atoms with Gasteiger partial charge in [0, 0.05) is 27.6 Å². The minimum atomic E-state index is -3.82. The number of aryl methyl sites for hydroxylation is 1. The van der Waals surface area contributed by atoms with Gasteiger partial charge in [-0.1, -0.05) is 0 Å². The number of benzene rings is 2. The number of carboxylic acids is 1. The molecule has 11 heteroatoms. The molecule has 0 radical (unpaired) electrons. The standard InChI is InChI=1S/C29H25N3O6S2/c1-38-28-25(18(16-7-8-16)11-20-26(28)31-14-21(27(20)33)29(34)35)24-12-19-22(3-2-4-23(19)39-24)32-40(36,37)17-9-5-15(13-30)6-10-17/h5-6,9-12,14,16,22,32H,2-4,7-8H2,1H3,(H,31,33)(H,34,35). The summed E-state index contributed by atoms with van der Waals surface area (Å²) in [5, 5.41) is 18.8. The number of thiophene rings is 1. The number of hydrogen-bond acceptors (Lipinski definition) is 7. The molecule has 204 valence electrons. The maximum Gasteiger partial charge on any atom is 0.341 e. The van der Waals surface area contributed by atoms with Crippen LogP contribution in [0.15, 0.2) is 52.3 Å². The first-order chi connectivity index (χ1) is 19.2. The van der Waals surface area contributed by atoms with E-state index in [9.17, 15) is 23.1 Å². The topological polar surface area (TPSA) is 149 Å². The van der Waals surface area contributed by atoms with Crippen molar-refractivity contribution >= 4 is 38.2 Å². The largest absolute Gasteiger partial charge is 0.494 e. The number of nitriles is 1. The maximum absolute atomic E-state index is 13.2. The van der Waals surface area contributed by atoms with Crippen LogP contribution in [0, 0.1) is 11.3 Å². The molecule has 0 amide bonds. The molecule has 1 unspecified atom stereocenters. The van der Waals surface area contributed by atoms with E-state index in [1.54, 1.807) is 17.4 Å². The van der Waals surface area contributed by atoms with Gasteiger partial charge in [0.05, 0.1) is 34.5 Å². The van der Waals surface area contributed by atoms with Crippen LogP contribution in [0.5, 0.6) is 5.75 Å². The van der Waals surface area contributed by atoms with Gasteiger partial charge in [-0.3, -0.25) is 4.79 Å². The quantitative estimate of drug-likeness (QED) is 0.279. The second-order valence-corrected chi connectivity index (χ2v) is 12.9. The monoisotopic (exact) mass is 575 g/mol. The molecule has 0 aliphatic heterocycles. The van der Waals surface area contributed by atoms with Gasteiger partial charge < -0.3 is 14.8 Å². The Morgan fingerprint density at radius 3 is 2.58 bits per heavy atom. The molecule has 2 aliphatic carbocycles. The molecule has 0 saturated heterocycles. The summed E-state index contributed by atoms with van der Waals surface area (Å²) < 4.78 is 35.1. The van der Waals surface area contributed by atoms with Gasteiger partial charge in [-0.25, -0.2) is 17.9 Å². The number of rotatable bonds is 7. The molecule has 0 bridgehead atoms. The predicted octanol–water partition coefficient (Wildman–Crippen LogP) is 5.07. The Bertz CT molecular complexity index is 1880. The van der Waals surface area contributed by atoms with Crippen molar-refractivity contribution in [1.29, 1.82) is 5.26 Å². The summed E-state index contributed by atoms with van der Waals surface area (Å²) >= 11 is 1.59. The highest BCUT2D eigenvalue weighted by Gasteiger charge is 2.33. The Morgan fingerprint density at radius 1 is 1.18 bits per heavy atom. The molecule has 9 nitrogen and oxygen atoms in total. The number of H-pyrrole nitrogens is 1. The molecule has 2 aromatic heterocycles. The summed E-state index contributed by atoms with van der Waals surface area (Å²) in [5.41, 5.74) is 2.64. The first-order valence-corrected chi connectivity index (χ1v) is 15.2. The number of carboxylic acid groups (broad SMARTS) is 1. The highest BCUT2D eigenvalue weighted by atomic mass is 32.2. The third-order valence-corrected chi connectivity index (χ3v) is 10.3. The lowest BCUT2D eigenvalue weighted by Crippen LogP contribution is -2.30. The van der Waals surface area contributed by atoms with E-state index in [1.807, 2.05) is 12.1 Å². The van der Waals surface area contributed by atoms with Crippen LogP contribution in [0.25, 0.3) is 21.3 Å². The van der Waals surface area contributed by atoms with E-state index in [0.29, 0.717) is 23.3 Å². The van der Waals surface area contributed by atoms with E-state index < -0.39 is 27.5 Å². The third-order valence-electron chi connectivity index (χ3n) is 7.57. The van der Waals surface area contributed by atoms with Crippen LogP contribution in [0.4, 0.5) is 0 Å². The third kappa shape index (κ3) is 4.48. The van der Waals surface area contributed by atoms with Gasteiger partial charge in [-0.05, 0) is 85.5 Å². The summed E-state index contributed by atoms with van der Waals surface area (Å²) in [7, 11) is -2.29. The van der Waals surface area contributed by atoms with Crippen LogP contribution in [-0.2, 0) is 16.4 Å². The zero-order valence-corrected chi connectivity index (χ0v) is 23.1. The Hall–Kier alpha value is -3.98. The summed E-state index contributed by atoms with van der Waals surface area (Å²) in [5.74, 6) is -0.590. The lowest BCUT2D eigenvalue weighted by molar-refractivity contribution is 0.0695. The number of ether oxygens (including phenoxy) is 1. The smallest absolute Gasteiger partial charge is 0.341 e. The minimum Gasteiger partial charge on any atom is -0.494 e. The van der Waals surface area contributed by atoms with E-state index in [-0.39, 0.29) is 21.8 Å². The highest BCUT2D eigenvalue weighted by Crippen LogP contribution is 2.52. The van der Waals surface area contributed by atoms with Crippen molar-refractivity contribution in [3.63, 3.8) is 0 Å². The molecule has 4 aromatic rings. The Balaban J connectivity index is 1.45. The van der Waals surface area contributed by atoms with Gasteiger partial charge in [-0.2, -0.15) is 5.26 Å². The number of aromatic carboxylic acids is 1. The van der Waals surface area contributed by atoms with Gasteiger partial charge in [0.1, 0.15) is 5.56 Å². The molecule has 1 saturated carbocycles. The zero-order valence-electron chi connectivity index (χ0n) is 21.5. The van der Waals surface area contributed by atoms with Crippen LogP contribution in [0.1, 0.15) is 69.6 Å². The minimum absolute atomic E-state index is 0.103. The van der Waals surface area contributed by atoms with Crippen molar-refractivity contribution in [3.8, 4) is 22.3 Å². The maximum atomic E-state index is 13.2.